The molecule has 0 aromatic heterocycles. The molecule has 0 radical (unpaired) electrons. The first kappa shape index (κ1) is 21.0. The van der Waals surface area contributed by atoms with Crippen LogP contribution in [0.1, 0.15) is 48.0 Å². The van der Waals surface area contributed by atoms with Crippen molar-refractivity contribution in [3.8, 4) is 5.75 Å². The highest BCUT2D eigenvalue weighted by Crippen LogP contribution is 2.28. The Bertz CT molecular complexity index is 575. The molecule has 0 spiro atoms. The standard InChI is InChI=1S/C20H32N2O3/c1-7-22(8-2)19(24)14-25-17-11-9-10-16(13-17)21-18(23)12-15(3)20(4,5)6/h9-11,13,15H,7-8,12,14H2,1-6H3,(H,21,23). The van der Waals surface area contributed by atoms with Crippen molar-refractivity contribution in [1.29, 1.82) is 0 Å². The van der Waals surface area contributed by atoms with E-state index in [1.807, 2.05) is 19.9 Å². The SMILES string of the molecule is CCN(CC)C(=O)COc1cccc(NC(=O)CC(C)C(C)(C)C)c1. The lowest BCUT2D eigenvalue weighted by atomic mass is 9.80. The third kappa shape index (κ3) is 7.16. The Kier molecular flexibility index (Phi) is 7.94. The van der Waals surface area contributed by atoms with Gasteiger partial charge in [0.15, 0.2) is 6.61 Å². The fraction of sp³-hybridized carbons (Fsp3) is 0.600. The molecule has 25 heavy (non-hydrogen) atoms. The lowest BCUT2D eigenvalue weighted by molar-refractivity contribution is -0.133. The molecule has 0 aliphatic heterocycles. The molecule has 1 N–H and O–H groups in total. The molecule has 0 aliphatic rings. The first-order valence-electron chi connectivity index (χ1n) is 8.97. The molecule has 140 valence electrons. The minimum atomic E-state index is -0.0431. The smallest absolute Gasteiger partial charge is 0.260 e. The molecule has 0 saturated heterocycles. The zero-order valence-electron chi connectivity index (χ0n) is 16.4. The molecule has 0 aliphatic carbocycles. The van der Waals surface area contributed by atoms with Crippen LogP contribution in [0.3, 0.4) is 0 Å². The minimum Gasteiger partial charge on any atom is -0.484 e. The van der Waals surface area contributed by atoms with Gasteiger partial charge in [-0.3, -0.25) is 9.59 Å². The van der Waals surface area contributed by atoms with E-state index in [-0.39, 0.29) is 29.8 Å². The third-order valence-corrected chi connectivity index (χ3v) is 4.57. The second-order valence-electron chi connectivity index (χ2n) is 7.40. The fourth-order valence-electron chi connectivity index (χ4n) is 2.27. The molecule has 1 unspecified atom stereocenters. The first-order valence-corrected chi connectivity index (χ1v) is 8.97. The number of benzene rings is 1. The molecular formula is C20H32N2O3. The molecule has 5 nitrogen and oxygen atoms in total. The van der Waals surface area contributed by atoms with Crippen LogP contribution in [0.25, 0.3) is 0 Å². The van der Waals surface area contributed by atoms with E-state index in [9.17, 15) is 9.59 Å². The lowest BCUT2D eigenvalue weighted by Gasteiger charge is -2.26. The Balaban J connectivity index is 2.60. The zero-order chi connectivity index (χ0) is 19.0. The molecule has 1 rings (SSSR count). The lowest BCUT2D eigenvalue weighted by Crippen LogP contribution is -2.34. The van der Waals surface area contributed by atoms with E-state index in [1.54, 1.807) is 23.1 Å². The van der Waals surface area contributed by atoms with Gasteiger partial charge in [-0.2, -0.15) is 0 Å². The number of carbonyl (C=O) groups excluding carboxylic acids is 2. The Morgan fingerprint density at radius 1 is 1.20 bits per heavy atom. The second kappa shape index (κ2) is 9.44. The van der Waals surface area contributed by atoms with Gasteiger partial charge in [0.05, 0.1) is 0 Å². The van der Waals surface area contributed by atoms with Crippen LogP contribution in [-0.4, -0.2) is 36.4 Å². The van der Waals surface area contributed by atoms with E-state index in [4.69, 9.17) is 4.74 Å². The Hall–Kier alpha value is -2.04. The topological polar surface area (TPSA) is 58.6 Å². The van der Waals surface area contributed by atoms with Crippen LogP contribution in [0.15, 0.2) is 24.3 Å². The van der Waals surface area contributed by atoms with Crippen LogP contribution in [0, 0.1) is 11.3 Å². The quantitative estimate of drug-likeness (QED) is 0.774. The normalized spacial score (nSPS) is 12.4. The second-order valence-corrected chi connectivity index (χ2v) is 7.40. The number of anilines is 1. The zero-order valence-corrected chi connectivity index (χ0v) is 16.4. The molecule has 0 saturated carbocycles. The van der Waals surface area contributed by atoms with Crippen molar-refractivity contribution in [3.05, 3.63) is 24.3 Å². The summed E-state index contributed by atoms with van der Waals surface area (Å²) >= 11 is 0. The van der Waals surface area contributed by atoms with E-state index < -0.39 is 0 Å². The van der Waals surface area contributed by atoms with Gasteiger partial charge in [0, 0.05) is 31.3 Å². The maximum Gasteiger partial charge on any atom is 0.260 e. The summed E-state index contributed by atoms with van der Waals surface area (Å²) in [5, 5.41) is 2.90. The van der Waals surface area contributed by atoms with Crippen molar-refractivity contribution < 1.29 is 14.3 Å². The highest BCUT2D eigenvalue weighted by atomic mass is 16.5. The minimum absolute atomic E-state index is 0.000137. The van der Waals surface area contributed by atoms with Gasteiger partial charge in [-0.25, -0.2) is 0 Å². The number of nitrogens with zero attached hydrogens (tertiary/aromatic N) is 1. The van der Waals surface area contributed by atoms with E-state index in [2.05, 4.69) is 33.0 Å². The van der Waals surface area contributed by atoms with E-state index >= 15 is 0 Å². The fourth-order valence-corrected chi connectivity index (χ4v) is 2.27. The summed E-state index contributed by atoms with van der Waals surface area (Å²) in [6, 6.07) is 7.15. The van der Waals surface area contributed by atoms with Gasteiger partial charge in [0.2, 0.25) is 5.91 Å². The molecular weight excluding hydrogens is 316 g/mol. The van der Waals surface area contributed by atoms with E-state index in [1.165, 1.54) is 0 Å². The highest BCUT2D eigenvalue weighted by Gasteiger charge is 2.22. The Morgan fingerprint density at radius 3 is 2.40 bits per heavy atom. The van der Waals surface area contributed by atoms with Crippen molar-refractivity contribution in [2.24, 2.45) is 11.3 Å². The van der Waals surface area contributed by atoms with Gasteiger partial charge in [0.25, 0.3) is 5.91 Å². The number of rotatable bonds is 8. The maximum absolute atomic E-state index is 12.2. The molecule has 1 aromatic rings. The predicted molar refractivity (Wildman–Crippen MR) is 102 cm³/mol. The van der Waals surface area contributed by atoms with Crippen molar-refractivity contribution in [1.82, 2.24) is 4.90 Å². The number of hydrogen-bond donors (Lipinski definition) is 1. The Morgan fingerprint density at radius 2 is 1.84 bits per heavy atom. The molecule has 0 bridgehead atoms. The molecule has 1 atom stereocenters. The summed E-state index contributed by atoms with van der Waals surface area (Å²) in [5.74, 6) is 0.790. The number of carbonyl (C=O) groups is 2. The van der Waals surface area contributed by atoms with Crippen LogP contribution in [-0.2, 0) is 9.59 Å². The van der Waals surface area contributed by atoms with Crippen molar-refractivity contribution in [3.63, 3.8) is 0 Å². The van der Waals surface area contributed by atoms with Crippen molar-refractivity contribution >= 4 is 17.5 Å². The predicted octanol–water partition coefficient (Wildman–Crippen LogP) is 3.94. The van der Waals surface area contributed by atoms with Crippen LogP contribution >= 0.6 is 0 Å². The molecule has 5 heteroatoms. The van der Waals surface area contributed by atoms with Crippen molar-refractivity contribution in [2.75, 3.05) is 25.0 Å². The molecule has 2 amide bonds. The van der Waals surface area contributed by atoms with E-state index in [0.717, 1.165) is 0 Å². The summed E-state index contributed by atoms with van der Waals surface area (Å²) in [6.07, 6.45) is 0.467. The summed E-state index contributed by atoms with van der Waals surface area (Å²) in [5.41, 5.74) is 0.770. The monoisotopic (exact) mass is 348 g/mol. The summed E-state index contributed by atoms with van der Waals surface area (Å²) in [4.78, 5) is 25.9. The van der Waals surface area contributed by atoms with Gasteiger partial charge < -0.3 is 15.0 Å². The first-order chi connectivity index (χ1) is 11.7. The average Bonchev–Trinajstić information content (AvgIpc) is 2.53. The largest absolute Gasteiger partial charge is 0.484 e. The number of amides is 2. The number of hydrogen-bond acceptors (Lipinski definition) is 3. The van der Waals surface area contributed by atoms with Gasteiger partial charge in [-0.15, -0.1) is 0 Å². The van der Waals surface area contributed by atoms with Gasteiger partial charge >= 0.3 is 0 Å². The van der Waals surface area contributed by atoms with Gasteiger partial charge in [-0.1, -0.05) is 33.8 Å². The van der Waals surface area contributed by atoms with Crippen LogP contribution < -0.4 is 10.1 Å². The maximum atomic E-state index is 12.2. The number of likely N-dealkylation sites (N-methyl/N-ethyl adjacent to an activating group) is 1. The third-order valence-electron chi connectivity index (χ3n) is 4.57. The summed E-state index contributed by atoms with van der Waals surface area (Å²) < 4.78 is 5.57. The van der Waals surface area contributed by atoms with Crippen LogP contribution in [0.4, 0.5) is 5.69 Å². The van der Waals surface area contributed by atoms with Gasteiger partial charge in [0.1, 0.15) is 5.75 Å². The highest BCUT2D eigenvalue weighted by molar-refractivity contribution is 5.91. The van der Waals surface area contributed by atoms with Gasteiger partial charge in [-0.05, 0) is 37.3 Å². The summed E-state index contributed by atoms with van der Waals surface area (Å²) in [7, 11) is 0. The molecule has 0 fully saturated rings. The van der Waals surface area contributed by atoms with Crippen LogP contribution in [0.5, 0.6) is 5.75 Å². The number of ether oxygens (including phenoxy) is 1. The summed E-state index contributed by atoms with van der Waals surface area (Å²) in [6.45, 7) is 13.7. The van der Waals surface area contributed by atoms with Crippen LogP contribution in [0.2, 0.25) is 0 Å². The van der Waals surface area contributed by atoms with E-state index in [0.29, 0.717) is 30.9 Å². The molecule has 1 aromatic carbocycles. The Labute approximate surface area is 151 Å². The number of nitrogens with one attached hydrogen (secondary N) is 1. The molecule has 0 heterocycles. The van der Waals surface area contributed by atoms with Crippen molar-refractivity contribution in [2.45, 2.75) is 48.0 Å². The average molecular weight is 348 g/mol.